The SMILES string of the molecule is CC.O=C1NC(=O)/C(=C/c2ccnc(N3CCC(O)CC3)n2)S1. The molecule has 124 valence electrons. The van der Waals surface area contributed by atoms with Crippen molar-refractivity contribution < 1.29 is 14.7 Å². The van der Waals surface area contributed by atoms with Gasteiger partial charge in [-0.3, -0.25) is 14.9 Å². The molecule has 2 amide bonds. The van der Waals surface area contributed by atoms with Crippen molar-refractivity contribution in [3.8, 4) is 0 Å². The molecule has 0 spiro atoms. The van der Waals surface area contributed by atoms with Crippen LogP contribution in [0.1, 0.15) is 32.4 Å². The summed E-state index contributed by atoms with van der Waals surface area (Å²) in [5.41, 5.74) is 0.582. The number of rotatable bonds is 2. The summed E-state index contributed by atoms with van der Waals surface area (Å²) >= 11 is 0.865. The number of carbonyl (C=O) groups is 2. The Hall–Kier alpha value is -1.93. The lowest BCUT2D eigenvalue weighted by Crippen LogP contribution is -2.36. The Kier molecular flexibility index (Phi) is 6.12. The number of nitrogens with zero attached hydrogens (tertiary/aromatic N) is 3. The highest BCUT2D eigenvalue weighted by Crippen LogP contribution is 2.25. The third kappa shape index (κ3) is 4.52. The fourth-order valence-electron chi connectivity index (χ4n) is 2.22. The number of aromatic nitrogens is 2. The minimum Gasteiger partial charge on any atom is -0.393 e. The average Bonchev–Trinajstić information content (AvgIpc) is 2.88. The van der Waals surface area contributed by atoms with Gasteiger partial charge < -0.3 is 10.0 Å². The van der Waals surface area contributed by atoms with Crippen LogP contribution in [0.15, 0.2) is 17.2 Å². The Balaban J connectivity index is 0.000000924. The molecular formula is C15H20N4O3S. The van der Waals surface area contributed by atoms with Crippen molar-refractivity contribution in [2.75, 3.05) is 18.0 Å². The summed E-state index contributed by atoms with van der Waals surface area (Å²) in [5, 5.41) is 11.4. The van der Waals surface area contributed by atoms with Crippen LogP contribution in [0.4, 0.5) is 10.7 Å². The number of imide groups is 1. The predicted molar refractivity (Wildman–Crippen MR) is 89.9 cm³/mol. The Morgan fingerprint density at radius 1 is 1.35 bits per heavy atom. The maximum atomic E-state index is 11.5. The van der Waals surface area contributed by atoms with E-state index in [0.29, 0.717) is 42.5 Å². The van der Waals surface area contributed by atoms with Crippen molar-refractivity contribution in [3.63, 3.8) is 0 Å². The fourth-order valence-corrected chi connectivity index (χ4v) is 2.88. The van der Waals surface area contributed by atoms with E-state index in [-0.39, 0.29) is 11.3 Å². The molecule has 0 atom stereocenters. The van der Waals surface area contributed by atoms with Crippen molar-refractivity contribution >= 4 is 34.9 Å². The van der Waals surface area contributed by atoms with Crippen LogP contribution in [-0.2, 0) is 4.79 Å². The molecule has 2 saturated heterocycles. The molecule has 2 aliphatic rings. The normalized spacial score (nSPS) is 20.3. The number of carbonyl (C=O) groups excluding carboxylic acids is 2. The van der Waals surface area contributed by atoms with Crippen LogP contribution in [0.5, 0.6) is 0 Å². The quantitative estimate of drug-likeness (QED) is 0.795. The molecule has 0 unspecified atom stereocenters. The number of hydrogen-bond donors (Lipinski definition) is 2. The number of anilines is 1. The van der Waals surface area contributed by atoms with Crippen LogP contribution < -0.4 is 10.2 Å². The minimum atomic E-state index is -0.397. The Morgan fingerprint density at radius 3 is 2.65 bits per heavy atom. The van der Waals surface area contributed by atoms with Crippen molar-refractivity contribution in [2.45, 2.75) is 32.8 Å². The van der Waals surface area contributed by atoms with Gasteiger partial charge in [0.2, 0.25) is 5.95 Å². The second-order valence-electron chi connectivity index (χ2n) is 4.85. The van der Waals surface area contributed by atoms with Crippen LogP contribution in [0, 0.1) is 0 Å². The lowest BCUT2D eigenvalue weighted by molar-refractivity contribution is -0.115. The lowest BCUT2D eigenvalue weighted by Gasteiger charge is -2.29. The van der Waals surface area contributed by atoms with Gasteiger partial charge in [0.05, 0.1) is 16.7 Å². The van der Waals surface area contributed by atoms with Gasteiger partial charge in [0.25, 0.3) is 11.1 Å². The van der Waals surface area contributed by atoms with Crippen molar-refractivity contribution in [1.82, 2.24) is 15.3 Å². The van der Waals surface area contributed by atoms with Gasteiger partial charge in [-0.2, -0.15) is 0 Å². The number of thioether (sulfide) groups is 1. The van der Waals surface area contributed by atoms with Crippen LogP contribution in [0.25, 0.3) is 6.08 Å². The molecule has 8 heteroatoms. The molecule has 23 heavy (non-hydrogen) atoms. The van der Waals surface area contributed by atoms with Crippen molar-refractivity contribution in [3.05, 3.63) is 22.9 Å². The highest BCUT2D eigenvalue weighted by atomic mass is 32.2. The highest BCUT2D eigenvalue weighted by Gasteiger charge is 2.25. The molecular weight excluding hydrogens is 316 g/mol. The molecule has 1 aromatic heterocycles. The molecule has 2 N–H and O–H groups in total. The topological polar surface area (TPSA) is 95.4 Å². The van der Waals surface area contributed by atoms with Gasteiger partial charge in [-0.15, -0.1) is 0 Å². The van der Waals surface area contributed by atoms with Crippen LogP contribution in [-0.4, -0.2) is 45.4 Å². The van der Waals surface area contributed by atoms with E-state index in [4.69, 9.17) is 0 Å². The molecule has 7 nitrogen and oxygen atoms in total. The number of nitrogens with one attached hydrogen (secondary N) is 1. The Bertz CT molecular complexity index is 612. The Morgan fingerprint density at radius 2 is 2.04 bits per heavy atom. The van der Waals surface area contributed by atoms with Gasteiger partial charge in [-0.25, -0.2) is 9.97 Å². The smallest absolute Gasteiger partial charge is 0.290 e. The van der Waals surface area contributed by atoms with Gasteiger partial charge in [0, 0.05) is 19.3 Å². The first-order chi connectivity index (χ1) is 11.1. The summed E-state index contributed by atoms with van der Waals surface area (Å²) in [5.74, 6) is 0.178. The molecule has 2 aliphatic heterocycles. The maximum absolute atomic E-state index is 11.5. The van der Waals surface area contributed by atoms with E-state index in [2.05, 4.69) is 15.3 Å². The molecule has 2 fully saturated rings. The zero-order valence-electron chi connectivity index (χ0n) is 13.2. The number of aliphatic hydroxyl groups excluding tert-OH is 1. The number of amides is 2. The van der Waals surface area contributed by atoms with E-state index in [1.165, 1.54) is 0 Å². The second-order valence-corrected chi connectivity index (χ2v) is 5.87. The molecule has 3 heterocycles. The third-order valence-electron chi connectivity index (χ3n) is 3.33. The second kappa shape index (κ2) is 8.07. The minimum absolute atomic E-state index is 0.254. The summed E-state index contributed by atoms with van der Waals surface area (Å²) in [7, 11) is 0. The van der Waals surface area contributed by atoms with E-state index in [9.17, 15) is 14.7 Å². The molecule has 0 bridgehead atoms. The highest BCUT2D eigenvalue weighted by molar-refractivity contribution is 8.18. The summed E-state index contributed by atoms with van der Waals surface area (Å²) in [6.07, 6.45) is 4.34. The first-order valence-corrected chi connectivity index (χ1v) is 8.44. The number of piperidine rings is 1. The summed E-state index contributed by atoms with van der Waals surface area (Å²) in [6, 6.07) is 1.69. The molecule has 1 aromatic rings. The number of hydrogen-bond acceptors (Lipinski definition) is 7. The lowest BCUT2D eigenvalue weighted by atomic mass is 10.1. The molecule has 3 rings (SSSR count). The third-order valence-corrected chi connectivity index (χ3v) is 4.14. The van der Waals surface area contributed by atoms with Crippen LogP contribution in [0.3, 0.4) is 0 Å². The first-order valence-electron chi connectivity index (χ1n) is 7.63. The summed E-state index contributed by atoms with van der Waals surface area (Å²) in [4.78, 5) is 33.6. The van der Waals surface area contributed by atoms with Crippen LogP contribution >= 0.6 is 11.8 Å². The molecule has 0 aliphatic carbocycles. The van der Waals surface area contributed by atoms with Crippen molar-refractivity contribution in [2.24, 2.45) is 0 Å². The van der Waals surface area contributed by atoms with Gasteiger partial charge in [0.15, 0.2) is 0 Å². The largest absolute Gasteiger partial charge is 0.393 e. The monoisotopic (exact) mass is 336 g/mol. The van der Waals surface area contributed by atoms with E-state index in [0.717, 1.165) is 11.8 Å². The van der Waals surface area contributed by atoms with Gasteiger partial charge in [-0.1, -0.05) is 13.8 Å². The summed E-state index contributed by atoms with van der Waals surface area (Å²) < 4.78 is 0. The van der Waals surface area contributed by atoms with E-state index in [1.54, 1.807) is 18.3 Å². The standard InChI is InChI=1S/C13H14N4O3S.C2H6/c18-9-2-5-17(6-3-9)12-14-4-1-8(15-12)7-10-11(19)16-13(20)21-10;1-2/h1,4,7,9,18H,2-3,5-6H2,(H,16,19,20);1-2H3/b10-7-;. The predicted octanol–water partition coefficient (Wildman–Crippen LogP) is 1.79. The first kappa shape index (κ1) is 17.4. The molecule has 0 aromatic carbocycles. The van der Waals surface area contributed by atoms with E-state index < -0.39 is 5.91 Å². The summed E-state index contributed by atoms with van der Waals surface area (Å²) in [6.45, 7) is 5.41. The molecule has 0 radical (unpaired) electrons. The zero-order chi connectivity index (χ0) is 16.8. The van der Waals surface area contributed by atoms with Crippen LogP contribution in [0.2, 0.25) is 0 Å². The van der Waals surface area contributed by atoms with Crippen molar-refractivity contribution in [1.29, 1.82) is 0 Å². The van der Waals surface area contributed by atoms with E-state index in [1.807, 2.05) is 18.7 Å². The molecule has 0 saturated carbocycles. The Labute approximate surface area is 139 Å². The maximum Gasteiger partial charge on any atom is 0.290 e. The fraction of sp³-hybridized carbons (Fsp3) is 0.467. The zero-order valence-corrected chi connectivity index (χ0v) is 14.0. The van der Waals surface area contributed by atoms with Gasteiger partial charge >= 0.3 is 0 Å². The average molecular weight is 336 g/mol. The van der Waals surface area contributed by atoms with E-state index >= 15 is 0 Å². The van der Waals surface area contributed by atoms with Gasteiger partial charge in [0.1, 0.15) is 0 Å². The van der Waals surface area contributed by atoms with Gasteiger partial charge in [-0.05, 0) is 36.7 Å². The number of aliphatic hydroxyl groups is 1.